The van der Waals surface area contributed by atoms with Crippen LogP contribution >= 0.6 is 78.3 Å². The Morgan fingerprint density at radius 3 is 1.71 bits per heavy atom. The van der Waals surface area contributed by atoms with Gasteiger partial charge in [-0.25, -0.2) is 0 Å². The highest BCUT2D eigenvalue weighted by atomic mass is 79.9. The van der Waals surface area contributed by atoms with Gasteiger partial charge >= 0.3 is 5.97 Å². The summed E-state index contributed by atoms with van der Waals surface area (Å²) >= 11 is 30.5. The van der Waals surface area contributed by atoms with Crippen LogP contribution in [0, 0.1) is 0 Å². The zero-order valence-electron chi connectivity index (χ0n) is 27.2. The van der Waals surface area contributed by atoms with Crippen LogP contribution in [-0.4, -0.2) is 36.0 Å². The summed E-state index contributed by atoms with van der Waals surface area (Å²) < 4.78 is 2.24. The van der Waals surface area contributed by atoms with Gasteiger partial charge in [0.05, 0.1) is 6.04 Å². The number of carboxylic acids is 1. The summed E-state index contributed by atoms with van der Waals surface area (Å²) in [6, 6.07) is 24.1. The molecular weight excluding hydrogens is 834 g/mol. The monoisotopic (exact) mass is 868 g/mol. The number of aryl methyl sites for hydroxylation is 4. The maximum atomic E-state index is 12.6. The molecule has 49 heavy (non-hydrogen) atoms. The highest BCUT2D eigenvalue weighted by Gasteiger charge is 2.28. The highest BCUT2D eigenvalue weighted by molar-refractivity contribution is 9.10. The quantitative estimate of drug-likeness (QED) is 0.185. The topological polar surface area (TPSA) is 69.6 Å². The van der Waals surface area contributed by atoms with Crippen molar-refractivity contribution >= 4 is 90.1 Å². The molecule has 2 aliphatic rings. The van der Waals surface area contributed by atoms with Crippen molar-refractivity contribution in [1.82, 2.24) is 10.2 Å². The molecule has 260 valence electrons. The van der Waals surface area contributed by atoms with E-state index in [1.807, 2.05) is 31.1 Å². The number of aliphatic carboxylic acids is 1. The number of rotatable bonds is 8. The normalized spacial score (nSPS) is 15.7. The Hall–Kier alpha value is -2.10. The summed E-state index contributed by atoms with van der Waals surface area (Å²) in [6.45, 7) is 0. The molecule has 11 heteroatoms. The predicted molar refractivity (Wildman–Crippen MR) is 209 cm³/mol. The van der Waals surface area contributed by atoms with E-state index in [0.29, 0.717) is 45.4 Å². The lowest BCUT2D eigenvalue weighted by Gasteiger charge is -2.26. The van der Waals surface area contributed by atoms with Crippen molar-refractivity contribution in [2.45, 2.75) is 63.5 Å². The standard InChI is InChI=1S/C19H18BrCl2NO.C10H12BrN.C9H8Cl2O2/c1-23(18-6-4-13-3-5-14(20)10-17(13)18)19(24)7-2-12-8-15(21)11-16(22)9-12;1-12-10-5-3-7-2-4-8(11)6-9(7)10;10-7-3-6(1-2-9(12)13)4-8(11)5-7/h3,5,8-11,18H,2,4,6-7H2,1H3;2,4,6,10,12H,3,5H2,1H3;3-5H,1-2H2,(H,12,13). The lowest BCUT2D eigenvalue weighted by molar-refractivity contribution is -0.137. The van der Waals surface area contributed by atoms with Gasteiger partial charge in [0.2, 0.25) is 5.91 Å². The van der Waals surface area contributed by atoms with Gasteiger partial charge in [-0.15, -0.1) is 0 Å². The highest BCUT2D eigenvalue weighted by Crippen LogP contribution is 2.37. The van der Waals surface area contributed by atoms with Gasteiger partial charge in [-0.2, -0.15) is 0 Å². The predicted octanol–water partition coefficient (Wildman–Crippen LogP) is 11.5. The fourth-order valence-electron chi connectivity index (χ4n) is 6.19. The molecule has 6 rings (SSSR count). The lowest BCUT2D eigenvalue weighted by Crippen LogP contribution is -2.30. The maximum Gasteiger partial charge on any atom is 0.303 e. The summed E-state index contributed by atoms with van der Waals surface area (Å²) in [7, 11) is 3.93. The molecule has 1 amide bonds. The minimum absolute atomic E-state index is 0.0939. The van der Waals surface area contributed by atoms with E-state index in [9.17, 15) is 9.59 Å². The molecule has 0 radical (unpaired) electrons. The third kappa shape index (κ3) is 12.0. The second kappa shape index (κ2) is 18.9. The first-order valence-electron chi connectivity index (χ1n) is 15.9. The number of carbonyl (C=O) groups excluding carboxylic acids is 1. The molecule has 5 nitrogen and oxygen atoms in total. The van der Waals surface area contributed by atoms with Gasteiger partial charge in [0.1, 0.15) is 0 Å². The van der Waals surface area contributed by atoms with Gasteiger partial charge in [0, 0.05) is 55.0 Å². The minimum atomic E-state index is -0.823. The van der Waals surface area contributed by atoms with Gasteiger partial charge in [-0.05, 0) is 140 Å². The Morgan fingerprint density at radius 1 is 0.735 bits per heavy atom. The molecule has 0 heterocycles. The number of benzene rings is 4. The Balaban J connectivity index is 0.000000182. The van der Waals surface area contributed by atoms with Crippen molar-refractivity contribution in [2.24, 2.45) is 0 Å². The maximum absolute atomic E-state index is 12.6. The summed E-state index contributed by atoms with van der Waals surface area (Å²) in [5.41, 5.74) is 7.39. The fourth-order valence-corrected chi connectivity index (χ4v) is 8.09. The van der Waals surface area contributed by atoms with Crippen molar-refractivity contribution in [2.75, 3.05) is 14.1 Å². The molecular formula is C38H38Br2Cl4N2O3. The summed E-state index contributed by atoms with van der Waals surface area (Å²) in [6.07, 6.45) is 6.10. The molecule has 4 aromatic rings. The van der Waals surface area contributed by atoms with Crippen LogP contribution in [0.2, 0.25) is 20.1 Å². The van der Waals surface area contributed by atoms with Crippen LogP contribution in [-0.2, 0) is 35.3 Å². The van der Waals surface area contributed by atoms with Crippen LogP contribution < -0.4 is 5.32 Å². The average Bonchev–Trinajstić information content (AvgIpc) is 3.65. The molecule has 0 saturated carbocycles. The van der Waals surface area contributed by atoms with Crippen LogP contribution in [0.3, 0.4) is 0 Å². The molecule has 0 aromatic heterocycles. The van der Waals surface area contributed by atoms with E-state index in [2.05, 4.69) is 73.6 Å². The van der Waals surface area contributed by atoms with Crippen molar-refractivity contribution in [3.63, 3.8) is 0 Å². The molecule has 2 N–H and O–H groups in total. The third-order valence-electron chi connectivity index (χ3n) is 8.65. The first-order valence-corrected chi connectivity index (χ1v) is 19.0. The molecule has 2 unspecified atom stereocenters. The number of hydrogen-bond donors (Lipinski definition) is 2. The third-order valence-corrected chi connectivity index (χ3v) is 10.5. The van der Waals surface area contributed by atoms with Crippen LogP contribution in [0.1, 0.15) is 71.1 Å². The van der Waals surface area contributed by atoms with E-state index in [-0.39, 0.29) is 18.4 Å². The number of nitrogens with zero attached hydrogens (tertiary/aromatic N) is 1. The smallest absolute Gasteiger partial charge is 0.303 e. The van der Waals surface area contributed by atoms with Crippen LogP contribution in [0.4, 0.5) is 0 Å². The summed E-state index contributed by atoms with van der Waals surface area (Å²) in [4.78, 5) is 24.8. The zero-order valence-corrected chi connectivity index (χ0v) is 33.4. The van der Waals surface area contributed by atoms with E-state index in [1.54, 1.807) is 24.3 Å². The lowest BCUT2D eigenvalue weighted by atomic mass is 10.1. The number of hydrogen-bond acceptors (Lipinski definition) is 3. The SMILES string of the molecule is CN(C(=O)CCc1cc(Cl)cc(Cl)c1)C1CCc2ccc(Br)cc21.CNC1CCc2ccc(Br)cc21.O=C(O)CCc1cc(Cl)cc(Cl)c1. The van der Waals surface area contributed by atoms with E-state index in [1.165, 1.54) is 39.6 Å². The van der Waals surface area contributed by atoms with Crippen molar-refractivity contribution in [1.29, 1.82) is 0 Å². The molecule has 2 atom stereocenters. The van der Waals surface area contributed by atoms with E-state index >= 15 is 0 Å². The second-order valence-corrected chi connectivity index (χ2v) is 15.7. The summed E-state index contributed by atoms with van der Waals surface area (Å²) in [5, 5.41) is 14.1. The Bertz CT molecular complexity index is 1750. The number of halogens is 6. The minimum Gasteiger partial charge on any atom is -0.481 e. The second-order valence-electron chi connectivity index (χ2n) is 12.1. The number of fused-ring (bicyclic) bond motifs is 2. The molecule has 4 aromatic carbocycles. The van der Waals surface area contributed by atoms with Gasteiger partial charge in [-0.1, -0.05) is 90.4 Å². The Kier molecular flexibility index (Phi) is 15.3. The van der Waals surface area contributed by atoms with Gasteiger partial charge in [-0.3, -0.25) is 9.59 Å². The van der Waals surface area contributed by atoms with E-state index in [0.717, 1.165) is 28.4 Å². The van der Waals surface area contributed by atoms with Gasteiger partial charge in [0.25, 0.3) is 0 Å². The van der Waals surface area contributed by atoms with E-state index in [4.69, 9.17) is 51.5 Å². The molecule has 0 aliphatic heterocycles. The van der Waals surface area contributed by atoms with Gasteiger partial charge < -0.3 is 15.3 Å². The Labute approximate surface area is 325 Å². The van der Waals surface area contributed by atoms with Crippen molar-refractivity contribution in [3.05, 3.63) is 135 Å². The van der Waals surface area contributed by atoms with Crippen molar-refractivity contribution < 1.29 is 14.7 Å². The van der Waals surface area contributed by atoms with Crippen LogP contribution in [0.15, 0.2) is 81.7 Å². The number of nitrogens with one attached hydrogen (secondary N) is 1. The van der Waals surface area contributed by atoms with Crippen LogP contribution in [0.5, 0.6) is 0 Å². The fraction of sp³-hybridized carbons (Fsp3) is 0.316. The average molecular weight is 872 g/mol. The molecule has 0 fully saturated rings. The van der Waals surface area contributed by atoms with Crippen molar-refractivity contribution in [3.8, 4) is 0 Å². The first-order chi connectivity index (χ1) is 23.3. The number of carbonyl (C=O) groups is 2. The Morgan fingerprint density at radius 2 is 1.20 bits per heavy atom. The molecule has 2 aliphatic carbocycles. The number of amides is 1. The largest absolute Gasteiger partial charge is 0.481 e. The molecule has 0 bridgehead atoms. The van der Waals surface area contributed by atoms with E-state index < -0.39 is 5.97 Å². The molecule has 0 spiro atoms. The first kappa shape index (κ1) is 39.7. The summed E-state index contributed by atoms with van der Waals surface area (Å²) in [5.74, 6) is -0.681. The zero-order chi connectivity index (χ0) is 35.7. The van der Waals surface area contributed by atoms with Gasteiger partial charge in [0.15, 0.2) is 0 Å². The number of carboxylic acid groups (broad SMARTS) is 1. The van der Waals surface area contributed by atoms with Crippen LogP contribution in [0.25, 0.3) is 0 Å². The molecule has 0 saturated heterocycles.